The molecule has 0 amide bonds. The molecule has 0 N–H and O–H groups in total. The molecule has 0 aliphatic heterocycles. The first-order chi connectivity index (χ1) is 15.7. The van der Waals surface area contributed by atoms with Crippen molar-refractivity contribution in [3.8, 4) is 33.5 Å². The SMILES string of the molecule is [2H]C(C)(C)c1cc[n+](C)c(-c2c(C)c3c(c4c2Cc2nc(C)ccc2-4)-c2ccccc2C3)c1. The predicted molar refractivity (Wildman–Crippen MR) is 131 cm³/mol. The largest absolute Gasteiger partial charge is 0.257 e. The molecule has 0 radical (unpaired) electrons. The summed E-state index contributed by atoms with van der Waals surface area (Å²) in [6, 6.07) is 17.6. The molecule has 0 saturated carbocycles. The van der Waals surface area contributed by atoms with E-state index < -0.39 is 5.89 Å². The van der Waals surface area contributed by atoms with Crippen LogP contribution in [0.3, 0.4) is 0 Å². The Morgan fingerprint density at radius 3 is 2.50 bits per heavy atom. The molecule has 2 heteroatoms. The molecule has 6 rings (SSSR count). The molecule has 32 heavy (non-hydrogen) atoms. The zero-order chi connectivity index (χ0) is 23.1. The summed E-state index contributed by atoms with van der Waals surface area (Å²) in [7, 11) is 2.12. The van der Waals surface area contributed by atoms with Crippen LogP contribution in [0.4, 0.5) is 0 Å². The van der Waals surface area contributed by atoms with E-state index in [4.69, 9.17) is 6.35 Å². The van der Waals surface area contributed by atoms with Gasteiger partial charge in [-0.25, -0.2) is 4.57 Å². The fourth-order valence-electron chi connectivity index (χ4n) is 5.71. The second-order valence-electron chi connectivity index (χ2n) is 9.58. The third-order valence-corrected chi connectivity index (χ3v) is 7.35. The van der Waals surface area contributed by atoms with Crippen molar-refractivity contribution in [2.75, 3.05) is 0 Å². The summed E-state index contributed by atoms with van der Waals surface area (Å²) in [5.41, 5.74) is 16.8. The number of rotatable bonds is 2. The minimum Gasteiger partial charge on any atom is -0.257 e. The maximum atomic E-state index is 8.63. The first-order valence-corrected chi connectivity index (χ1v) is 11.5. The van der Waals surface area contributed by atoms with Gasteiger partial charge in [-0.2, -0.15) is 0 Å². The maximum Gasteiger partial charge on any atom is 0.213 e. The monoisotopic (exact) mass is 418 g/mol. The van der Waals surface area contributed by atoms with Gasteiger partial charge in [-0.1, -0.05) is 44.2 Å². The highest BCUT2D eigenvalue weighted by Crippen LogP contribution is 2.53. The van der Waals surface area contributed by atoms with Crippen LogP contribution in [0.5, 0.6) is 0 Å². The van der Waals surface area contributed by atoms with E-state index >= 15 is 0 Å². The Morgan fingerprint density at radius 2 is 1.69 bits per heavy atom. The van der Waals surface area contributed by atoms with Gasteiger partial charge in [-0.3, -0.25) is 4.98 Å². The molecule has 0 spiro atoms. The van der Waals surface area contributed by atoms with Crippen LogP contribution in [0, 0.1) is 13.8 Å². The van der Waals surface area contributed by atoms with Crippen molar-refractivity contribution in [1.82, 2.24) is 4.98 Å². The predicted octanol–water partition coefficient (Wildman–Crippen LogP) is 6.46. The zero-order valence-electron chi connectivity index (χ0n) is 20.5. The number of benzene rings is 2. The number of fused-ring (bicyclic) bond motifs is 7. The molecule has 0 atom stereocenters. The Hall–Kier alpha value is -3.26. The van der Waals surface area contributed by atoms with E-state index in [2.05, 4.69) is 80.2 Å². The van der Waals surface area contributed by atoms with E-state index in [1.165, 1.54) is 61.5 Å². The van der Waals surface area contributed by atoms with Crippen LogP contribution in [0.2, 0.25) is 0 Å². The van der Waals surface area contributed by atoms with Gasteiger partial charge in [-0.15, -0.1) is 0 Å². The molecule has 2 aromatic carbocycles. The second kappa shape index (κ2) is 6.87. The summed E-state index contributed by atoms with van der Waals surface area (Å²) in [5.74, 6) is -0.644. The lowest BCUT2D eigenvalue weighted by Gasteiger charge is -2.18. The Morgan fingerprint density at radius 1 is 0.906 bits per heavy atom. The van der Waals surface area contributed by atoms with Gasteiger partial charge in [0.05, 0.1) is 11.3 Å². The van der Waals surface area contributed by atoms with Gasteiger partial charge >= 0.3 is 0 Å². The molecule has 2 aliphatic carbocycles. The summed E-state index contributed by atoms with van der Waals surface area (Å²) < 4.78 is 10.8. The molecule has 0 unspecified atom stereocenters. The number of hydrogen-bond acceptors (Lipinski definition) is 1. The van der Waals surface area contributed by atoms with E-state index in [9.17, 15) is 0 Å². The first-order valence-electron chi connectivity index (χ1n) is 12.0. The fourth-order valence-corrected chi connectivity index (χ4v) is 5.71. The van der Waals surface area contributed by atoms with Crippen molar-refractivity contribution in [3.05, 3.63) is 93.9 Å². The van der Waals surface area contributed by atoms with Crippen molar-refractivity contribution in [2.24, 2.45) is 7.05 Å². The van der Waals surface area contributed by atoms with E-state index in [0.29, 0.717) is 0 Å². The average molecular weight is 419 g/mol. The van der Waals surface area contributed by atoms with Gasteiger partial charge in [0, 0.05) is 31.2 Å². The molecule has 2 aromatic heterocycles. The van der Waals surface area contributed by atoms with Crippen LogP contribution in [-0.4, -0.2) is 4.98 Å². The van der Waals surface area contributed by atoms with E-state index in [-0.39, 0.29) is 0 Å². The summed E-state index contributed by atoms with van der Waals surface area (Å²) in [6.07, 6.45) is 3.94. The number of aromatic nitrogens is 2. The van der Waals surface area contributed by atoms with Gasteiger partial charge in [0.15, 0.2) is 6.20 Å². The van der Waals surface area contributed by atoms with E-state index in [0.717, 1.165) is 24.1 Å². The highest BCUT2D eigenvalue weighted by atomic mass is 14.9. The second-order valence-corrected chi connectivity index (χ2v) is 9.58. The number of pyridine rings is 2. The van der Waals surface area contributed by atoms with Crippen LogP contribution >= 0.6 is 0 Å². The molecule has 2 aliphatic rings. The number of aryl methyl sites for hydroxylation is 2. The normalized spacial score (nSPS) is 14.0. The third-order valence-electron chi connectivity index (χ3n) is 7.35. The Bertz CT molecular complexity index is 1470. The molecular formula is C30H29N2+. The topological polar surface area (TPSA) is 16.8 Å². The zero-order valence-corrected chi connectivity index (χ0v) is 19.5. The molecular weight excluding hydrogens is 388 g/mol. The minimum absolute atomic E-state index is 0.644. The van der Waals surface area contributed by atoms with Gasteiger partial charge in [0.2, 0.25) is 5.69 Å². The van der Waals surface area contributed by atoms with Crippen LogP contribution in [-0.2, 0) is 19.9 Å². The molecule has 2 nitrogen and oxygen atoms in total. The van der Waals surface area contributed by atoms with Gasteiger partial charge in [0.1, 0.15) is 7.05 Å². The summed E-state index contributed by atoms with van der Waals surface area (Å²) in [5, 5.41) is 0. The van der Waals surface area contributed by atoms with Crippen LogP contribution in [0.1, 0.15) is 60.3 Å². The van der Waals surface area contributed by atoms with E-state index in [1.807, 2.05) is 13.8 Å². The van der Waals surface area contributed by atoms with Crippen molar-refractivity contribution in [2.45, 2.75) is 46.4 Å². The fraction of sp³-hybridized carbons (Fsp3) is 0.267. The van der Waals surface area contributed by atoms with Crippen molar-refractivity contribution < 1.29 is 5.94 Å². The average Bonchev–Trinajstić information content (AvgIpc) is 3.32. The molecule has 0 bridgehead atoms. The summed E-state index contributed by atoms with van der Waals surface area (Å²) in [6.45, 7) is 8.30. The first kappa shape index (κ1) is 18.3. The number of hydrogen-bond donors (Lipinski definition) is 0. The van der Waals surface area contributed by atoms with Gasteiger partial charge in [0.25, 0.3) is 0 Å². The lowest BCUT2D eigenvalue weighted by Crippen LogP contribution is -2.31. The quantitative estimate of drug-likeness (QED) is 0.295. The van der Waals surface area contributed by atoms with Gasteiger partial charge in [-0.05, 0) is 76.7 Å². The van der Waals surface area contributed by atoms with Crippen LogP contribution in [0.25, 0.3) is 33.5 Å². The highest BCUT2D eigenvalue weighted by molar-refractivity contribution is 5.99. The maximum absolute atomic E-state index is 8.63. The van der Waals surface area contributed by atoms with Crippen LogP contribution in [0.15, 0.2) is 54.7 Å². The van der Waals surface area contributed by atoms with Crippen molar-refractivity contribution >= 4 is 0 Å². The molecule has 2 heterocycles. The molecule has 4 aromatic rings. The summed E-state index contributed by atoms with van der Waals surface area (Å²) >= 11 is 0. The van der Waals surface area contributed by atoms with Crippen molar-refractivity contribution in [1.29, 1.82) is 0 Å². The van der Waals surface area contributed by atoms with Crippen LogP contribution < -0.4 is 4.57 Å². The lowest BCUT2D eigenvalue weighted by molar-refractivity contribution is -0.660. The molecule has 158 valence electrons. The van der Waals surface area contributed by atoms with E-state index in [1.54, 1.807) is 0 Å². The Kier molecular flexibility index (Phi) is 3.93. The third kappa shape index (κ3) is 2.65. The molecule has 0 saturated heterocycles. The lowest BCUT2D eigenvalue weighted by atomic mass is 9.85. The Balaban J connectivity index is 1.72. The highest BCUT2D eigenvalue weighted by Gasteiger charge is 2.35. The molecule has 0 fully saturated rings. The van der Waals surface area contributed by atoms with Crippen molar-refractivity contribution in [3.63, 3.8) is 0 Å². The standard InChI is InChI=1S/C30H29N2/c1-17(2)20-12-13-32(5)27(15-20)28-19(4)24-14-21-8-6-7-9-22(21)29(24)30-23-11-10-18(3)31-26(23)16-25(28)30/h6-13,15,17H,14,16H2,1-5H3/q+1/i17D. The van der Waals surface area contributed by atoms with Gasteiger partial charge < -0.3 is 0 Å². The summed E-state index contributed by atoms with van der Waals surface area (Å²) in [4.78, 5) is 4.96. The Labute approximate surface area is 192 Å². The smallest absolute Gasteiger partial charge is 0.213 e. The minimum atomic E-state index is -0.644. The number of nitrogens with zero attached hydrogens (tertiary/aromatic N) is 2.